The number of nitrogens with zero attached hydrogens (tertiary/aromatic N) is 4. The Morgan fingerprint density at radius 2 is 1.69 bits per heavy atom. The Morgan fingerprint density at radius 1 is 1.06 bits per heavy atom. The normalized spacial score (nSPS) is 11.5. The summed E-state index contributed by atoms with van der Waals surface area (Å²) in [4.78, 5) is 27.0. The second-order valence-electron chi connectivity index (χ2n) is 8.32. The summed E-state index contributed by atoms with van der Waals surface area (Å²) in [6.07, 6.45) is 1.51. The van der Waals surface area contributed by atoms with Gasteiger partial charge in [-0.3, -0.25) is 4.79 Å². The molecule has 0 bridgehead atoms. The minimum atomic E-state index is -0.663. The molecule has 1 N–H and O–H groups in total. The van der Waals surface area contributed by atoms with Crippen LogP contribution in [0.4, 0.5) is 5.69 Å². The molecular weight excluding hydrogens is 444 g/mol. The highest BCUT2D eigenvalue weighted by Crippen LogP contribution is 2.30. The number of carbonyl (C=O) groups excluding carboxylic acids is 2. The number of aromatic nitrogens is 3. The molecule has 0 aliphatic carbocycles. The van der Waals surface area contributed by atoms with Crippen LogP contribution < -0.4 is 4.90 Å². The first-order valence-electron chi connectivity index (χ1n) is 11.0. The van der Waals surface area contributed by atoms with E-state index in [1.165, 1.54) is 24.9 Å². The smallest absolute Gasteiger partial charge is 0.341 e. The second kappa shape index (κ2) is 9.80. The summed E-state index contributed by atoms with van der Waals surface area (Å²) in [5, 5.41) is 20.0. The number of aromatic hydroxyl groups is 1. The zero-order valence-electron chi connectivity index (χ0n) is 20.0. The van der Waals surface area contributed by atoms with Gasteiger partial charge >= 0.3 is 5.97 Å². The van der Waals surface area contributed by atoms with Crippen LogP contribution in [0.5, 0.6) is 5.75 Å². The standard InChI is InChI=1S/C27H26N4O4/c1-17-13-20(26(33)25(14-17)31-28-23-7-5-6-8-24(23)29-31)16-30(3)21-11-9-19(10-12-21)15-22(18(2)32)27(34)35-4/h5-15,33H,16H2,1-4H3/b22-15-. The van der Waals surface area contributed by atoms with Crippen LogP contribution >= 0.6 is 0 Å². The number of fused-ring (bicyclic) bond motifs is 1. The number of Topliss-reactive ketones (excluding diaryl/α,β-unsaturated/α-hetero) is 1. The second-order valence-corrected chi connectivity index (χ2v) is 8.32. The lowest BCUT2D eigenvalue weighted by Gasteiger charge is -2.21. The monoisotopic (exact) mass is 470 g/mol. The van der Waals surface area contributed by atoms with E-state index in [4.69, 9.17) is 0 Å². The van der Waals surface area contributed by atoms with Gasteiger partial charge in [0.1, 0.15) is 28.0 Å². The maximum Gasteiger partial charge on any atom is 0.341 e. The predicted molar refractivity (Wildman–Crippen MR) is 134 cm³/mol. The number of phenolic OH excluding ortho intramolecular Hbond substituents is 1. The quantitative estimate of drug-likeness (QED) is 0.187. The van der Waals surface area contributed by atoms with E-state index in [0.717, 1.165) is 27.8 Å². The van der Waals surface area contributed by atoms with Gasteiger partial charge in [-0.05, 0) is 61.4 Å². The number of methoxy groups -OCH3 is 1. The Morgan fingerprint density at radius 3 is 2.26 bits per heavy atom. The number of rotatable bonds is 7. The molecule has 35 heavy (non-hydrogen) atoms. The molecule has 0 atom stereocenters. The van der Waals surface area contributed by atoms with Crippen LogP contribution in [-0.2, 0) is 20.9 Å². The van der Waals surface area contributed by atoms with Crippen molar-refractivity contribution in [3.8, 4) is 11.4 Å². The van der Waals surface area contributed by atoms with Gasteiger partial charge in [-0.15, -0.1) is 15.0 Å². The number of hydrogen-bond acceptors (Lipinski definition) is 7. The summed E-state index contributed by atoms with van der Waals surface area (Å²) in [6.45, 7) is 3.73. The van der Waals surface area contributed by atoms with E-state index >= 15 is 0 Å². The summed E-state index contributed by atoms with van der Waals surface area (Å²) in [7, 11) is 3.16. The van der Waals surface area contributed by atoms with Crippen LogP contribution in [-0.4, -0.2) is 46.0 Å². The molecule has 0 unspecified atom stereocenters. The Bertz CT molecular complexity index is 1400. The third kappa shape index (κ3) is 5.06. The van der Waals surface area contributed by atoms with E-state index in [1.807, 2.05) is 79.5 Å². The average Bonchev–Trinajstić information content (AvgIpc) is 3.28. The van der Waals surface area contributed by atoms with Crippen LogP contribution in [0.25, 0.3) is 22.8 Å². The first-order valence-corrected chi connectivity index (χ1v) is 11.0. The van der Waals surface area contributed by atoms with Crippen molar-refractivity contribution in [2.75, 3.05) is 19.1 Å². The molecule has 0 aliphatic rings. The van der Waals surface area contributed by atoms with Gasteiger partial charge < -0.3 is 14.7 Å². The lowest BCUT2D eigenvalue weighted by molar-refractivity contribution is -0.137. The highest BCUT2D eigenvalue weighted by atomic mass is 16.5. The number of ether oxygens (including phenoxy) is 1. The number of esters is 1. The van der Waals surface area contributed by atoms with E-state index in [1.54, 1.807) is 0 Å². The minimum Gasteiger partial charge on any atom is -0.505 e. The van der Waals surface area contributed by atoms with Crippen molar-refractivity contribution in [3.63, 3.8) is 0 Å². The van der Waals surface area contributed by atoms with Gasteiger partial charge in [0.15, 0.2) is 5.78 Å². The maximum absolute atomic E-state index is 11.8. The molecule has 1 heterocycles. The molecule has 0 radical (unpaired) electrons. The summed E-state index contributed by atoms with van der Waals surface area (Å²) >= 11 is 0. The molecule has 8 nitrogen and oxygen atoms in total. The van der Waals surface area contributed by atoms with Gasteiger partial charge in [0.25, 0.3) is 0 Å². The number of aryl methyl sites for hydroxylation is 1. The molecule has 1 aromatic heterocycles. The molecule has 0 aliphatic heterocycles. The van der Waals surface area contributed by atoms with Crippen molar-refractivity contribution in [2.45, 2.75) is 20.4 Å². The summed E-state index contributed by atoms with van der Waals surface area (Å²) < 4.78 is 4.68. The lowest BCUT2D eigenvalue weighted by atomic mass is 10.1. The van der Waals surface area contributed by atoms with Crippen molar-refractivity contribution in [1.82, 2.24) is 15.0 Å². The third-order valence-electron chi connectivity index (χ3n) is 5.65. The molecule has 0 spiro atoms. The Hall–Kier alpha value is -4.46. The number of benzene rings is 3. The fourth-order valence-electron chi connectivity index (χ4n) is 3.83. The SMILES string of the molecule is COC(=O)/C(=C\c1ccc(N(C)Cc2cc(C)cc(-n3nc4ccccc4n3)c2O)cc1)C(C)=O. The number of carbonyl (C=O) groups is 2. The zero-order valence-corrected chi connectivity index (χ0v) is 20.0. The Kier molecular flexibility index (Phi) is 6.64. The molecule has 4 rings (SSSR count). The van der Waals surface area contributed by atoms with Crippen LogP contribution in [0.2, 0.25) is 0 Å². The van der Waals surface area contributed by atoms with Crippen molar-refractivity contribution < 1.29 is 19.4 Å². The van der Waals surface area contributed by atoms with E-state index in [0.29, 0.717) is 17.8 Å². The largest absolute Gasteiger partial charge is 0.505 e. The van der Waals surface area contributed by atoms with Crippen molar-refractivity contribution in [2.24, 2.45) is 0 Å². The van der Waals surface area contributed by atoms with E-state index in [2.05, 4.69) is 14.9 Å². The molecule has 3 aromatic carbocycles. The molecule has 8 heteroatoms. The number of hydrogen-bond donors (Lipinski definition) is 1. The Balaban J connectivity index is 1.59. The molecule has 0 fully saturated rings. The summed E-state index contributed by atoms with van der Waals surface area (Å²) in [5.41, 5.74) is 5.32. The number of anilines is 1. The van der Waals surface area contributed by atoms with Crippen molar-refractivity contribution >= 4 is 34.5 Å². The number of phenols is 1. The molecule has 178 valence electrons. The first kappa shape index (κ1) is 23.7. The van der Waals surface area contributed by atoms with E-state index in [9.17, 15) is 14.7 Å². The molecule has 0 amide bonds. The summed E-state index contributed by atoms with van der Waals surface area (Å²) in [6, 6.07) is 18.7. The van der Waals surface area contributed by atoms with Gasteiger partial charge in [0.05, 0.1) is 7.11 Å². The van der Waals surface area contributed by atoms with Gasteiger partial charge in [-0.1, -0.05) is 30.3 Å². The first-order chi connectivity index (χ1) is 16.8. The minimum absolute atomic E-state index is 0.00860. The fourth-order valence-corrected chi connectivity index (χ4v) is 3.83. The van der Waals surface area contributed by atoms with E-state index in [-0.39, 0.29) is 17.1 Å². The van der Waals surface area contributed by atoms with Crippen molar-refractivity contribution in [3.05, 3.63) is 82.9 Å². The molecular formula is C27H26N4O4. The third-order valence-corrected chi connectivity index (χ3v) is 5.65. The van der Waals surface area contributed by atoms with Crippen LogP contribution in [0.1, 0.15) is 23.6 Å². The van der Waals surface area contributed by atoms with Crippen LogP contribution in [0, 0.1) is 6.92 Å². The lowest BCUT2D eigenvalue weighted by Crippen LogP contribution is -2.17. The molecule has 4 aromatic rings. The van der Waals surface area contributed by atoms with Gasteiger partial charge in [0, 0.05) is 24.8 Å². The zero-order chi connectivity index (χ0) is 25.1. The van der Waals surface area contributed by atoms with Crippen molar-refractivity contribution in [1.29, 1.82) is 0 Å². The predicted octanol–water partition coefficient (Wildman–Crippen LogP) is 4.22. The van der Waals surface area contributed by atoms with Gasteiger partial charge in [-0.2, -0.15) is 0 Å². The highest BCUT2D eigenvalue weighted by molar-refractivity contribution is 6.19. The topological polar surface area (TPSA) is 97.6 Å². The van der Waals surface area contributed by atoms with Gasteiger partial charge in [-0.25, -0.2) is 4.79 Å². The Labute approximate surface area is 203 Å². The van der Waals surface area contributed by atoms with Gasteiger partial charge in [0.2, 0.25) is 0 Å². The fraction of sp³-hybridized carbons (Fsp3) is 0.185. The molecule has 0 saturated carbocycles. The average molecular weight is 471 g/mol. The number of ketones is 1. The summed E-state index contributed by atoms with van der Waals surface area (Å²) in [5.74, 6) is -0.904. The van der Waals surface area contributed by atoms with E-state index < -0.39 is 5.97 Å². The van der Waals surface area contributed by atoms with Crippen LogP contribution in [0.3, 0.4) is 0 Å². The molecule has 0 saturated heterocycles. The maximum atomic E-state index is 11.8. The van der Waals surface area contributed by atoms with Crippen LogP contribution in [0.15, 0.2) is 66.2 Å². The highest BCUT2D eigenvalue weighted by Gasteiger charge is 2.16.